The van der Waals surface area contributed by atoms with E-state index in [-0.39, 0.29) is 23.4 Å². The summed E-state index contributed by atoms with van der Waals surface area (Å²) in [5.41, 5.74) is 1.50. The fourth-order valence-corrected chi connectivity index (χ4v) is 4.93. The van der Waals surface area contributed by atoms with Gasteiger partial charge in [0.25, 0.3) is 11.8 Å². The van der Waals surface area contributed by atoms with Crippen LogP contribution in [-0.2, 0) is 23.1 Å². The van der Waals surface area contributed by atoms with Crippen molar-refractivity contribution in [3.05, 3.63) is 149 Å². The first-order valence-corrected chi connectivity index (χ1v) is 14.5. The van der Waals surface area contributed by atoms with E-state index in [4.69, 9.17) is 4.18 Å². The second kappa shape index (κ2) is 14.2. The summed E-state index contributed by atoms with van der Waals surface area (Å²) in [5, 5.41) is 6.34. The highest BCUT2D eigenvalue weighted by molar-refractivity contribution is 7.90. The highest BCUT2D eigenvalue weighted by atomic mass is 32.2. The van der Waals surface area contributed by atoms with Gasteiger partial charge in [0.1, 0.15) is 17.4 Å². The molecule has 0 aliphatic heterocycles. The predicted octanol–water partition coefficient (Wildman–Crippen LogP) is 5.55. The standard InChI is InChI=1S/C32H28F2N2O5S/c33-26-19-25(20-27(34)21-26)31(37)35-22-24-11-7-8-14-30(24)32(38)36-28(16-15-23-9-3-1-4-10-23)17-18-42(39,40)41-29-12-5-2-6-13-29/h1-14,17-21,28H,15-16,22H2,(H,35,37)(H,36,38)/b18-17+/t28-/m0/s1. The Bertz CT molecular complexity index is 1640. The third kappa shape index (κ3) is 9.10. The Morgan fingerprint density at radius 2 is 1.43 bits per heavy atom. The van der Waals surface area contributed by atoms with Gasteiger partial charge in [-0.2, -0.15) is 8.42 Å². The Labute approximate surface area is 243 Å². The monoisotopic (exact) mass is 590 g/mol. The molecule has 0 aliphatic rings. The molecule has 0 bridgehead atoms. The van der Waals surface area contributed by atoms with Crippen molar-refractivity contribution in [2.75, 3.05) is 0 Å². The maximum absolute atomic E-state index is 13.5. The van der Waals surface area contributed by atoms with Crippen LogP contribution in [0.2, 0.25) is 0 Å². The van der Waals surface area contributed by atoms with Gasteiger partial charge in [-0.25, -0.2) is 8.78 Å². The zero-order valence-corrected chi connectivity index (χ0v) is 23.2. The highest BCUT2D eigenvalue weighted by Gasteiger charge is 2.18. The average Bonchev–Trinajstić information content (AvgIpc) is 2.97. The van der Waals surface area contributed by atoms with Gasteiger partial charge in [-0.3, -0.25) is 9.59 Å². The molecule has 0 aliphatic carbocycles. The minimum absolute atomic E-state index is 0.0929. The number of hydrogen-bond acceptors (Lipinski definition) is 5. The lowest BCUT2D eigenvalue weighted by molar-refractivity contribution is 0.0929. The Hall–Kier alpha value is -4.83. The predicted molar refractivity (Wildman–Crippen MR) is 155 cm³/mol. The van der Waals surface area contributed by atoms with Gasteiger partial charge < -0.3 is 14.8 Å². The number of benzene rings is 4. The fraction of sp³-hybridized carbons (Fsp3) is 0.125. The van der Waals surface area contributed by atoms with Gasteiger partial charge in [0, 0.05) is 29.8 Å². The van der Waals surface area contributed by atoms with Gasteiger partial charge in [-0.15, -0.1) is 0 Å². The summed E-state index contributed by atoms with van der Waals surface area (Å²) in [5.74, 6) is -2.82. The van der Waals surface area contributed by atoms with Crippen molar-refractivity contribution in [2.45, 2.75) is 25.4 Å². The van der Waals surface area contributed by atoms with E-state index >= 15 is 0 Å². The first-order chi connectivity index (χ1) is 20.2. The lowest BCUT2D eigenvalue weighted by Crippen LogP contribution is -2.35. The molecule has 0 fully saturated rings. The molecule has 2 amide bonds. The molecule has 4 rings (SSSR count). The number of carbonyl (C=O) groups excluding carboxylic acids is 2. The maximum atomic E-state index is 13.5. The molecular weight excluding hydrogens is 562 g/mol. The van der Waals surface area contributed by atoms with Crippen LogP contribution in [-0.4, -0.2) is 26.3 Å². The molecule has 2 N–H and O–H groups in total. The van der Waals surface area contributed by atoms with Crippen LogP contribution in [0.25, 0.3) is 0 Å². The van der Waals surface area contributed by atoms with Crippen LogP contribution >= 0.6 is 0 Å². The van der Waals surface area contributed by atoms with E-state index in [1.165, 1.54) is 18.2 Å². The normalized spacial score (nSPS) is 12.0. The Balaban J connectivity index is 1.49. The minimum atomic E-state index is -4.10. The fourth-order valence-electron chi connectivity index (χ4n) is 4.12. The smallest absolute Gasteiger partial charge is 0.332 e. The second-order valence-electron chi connectivity index (χ2n) is 9.32. The van der Waals surface area contributed by atoms with Crippen LogP contribution in [0.5, 0.6) is 5.75 Å². The quantitative estimate of drug-likeness (QED) is 0.211. The lowest BCUT2D eigenvalue weighted by atomic mass is 10.0. The van der Waals surface area contributed by atoms with Crippen molar-refractivity contribution in [1.29, 1.82) is 0 Å². The van der Waals surface area contributed by atoms with Crippen molar-refractivity contribution in [2.24, 2.45) is 0 Å². The largest absolute Gasteiger partial charge is 0.379 e. The Morgan fingerprint density at radius 3 is 2.12 bits per heavy atom. The summed E-state index contributed by atoms with van der Waals surface area (Å²) in [6, 6.07) is 25.9. The second-order valence-corrected chi connectivity index (χ2v) is 10.7. The van der Waals surface area contributed by atoms with Crippen LogP contribution in [0.15, 0.2) is 115 Å². The summed E-state index contributed by atoms with van der Waals surface area (Å²) in [6.07, 6.45) is 2.30. The van der Waals surface area contributed by atoms with E-state index in [9.17, 15) is 26.8 Å². The van der Waals surface area contributed by atoms with Crippen LogP contribution in [0.1, 0.15) is 38.3 Å². The molecule has 7 nitrogen and oxygen atoms in total. The molecule has 1 atom stereocenters. The van der Waals surface area contributed by atoms with Crippen LogP contribution in [0, 0.1) is 11.6 Å². The molecule has 10 heteroatoms. The van der Waals surface area contributed by atoms with Crippen LogP contribution in [0.4, 0.5) is 8.78 Å². The van der Waals surface area contributed by atoms with Crippen molar-refractivity contribution < 1.29 is 31.0 Å². The molecule has 42 heavy (non-hydrogen) atoms. The molecule has 4 aromatic carbocycles. The molecule has 0 aromatic heterocycles. The average molecular weight is 591 g/mol. The van der Waals surface area contributed by atoms with Gasteiger partial charge in [-0.1, -0.05) is 66.7 Å². The van der Waals surface area contributed by atoms with Crippen LogP contribution < -0.4 is 14.8 Å². The Morgan fingerprint density at radius 1 is 0.810 bits per heavy atom. The molecule has 0 radical (unpaired) electrons. The van der Waals surface area contributed by atoms with E-state index in [1.807, 2.05) is 30.3 Å². The highest BCUT2D eigenvalue weighted by Crippen LogP contribution is 2.15. The zero-order chi connectivity index (χ0) is 30.0. The SMILES string of the molecule is O=C(NCc1ccccc1C(=O)N[C@H](/C=C/S(=O)(=O)Oc1ccccc1)CCc1ccccc1)c1cc(F)cc(F)c1. The van der Waals surface area contributed by atoms with E-state index in [1.54, 1.807) is 42.5 Å². The number of para-hydroxylation sites is 1. The summed E-state index contributed by atoms with van der Waals surface area (Å²) in [4.78, 5) is 25.9. The molecule has 0 spiro atoms. The maximum Gasteiger partial charge on any atom is 0.332 e. The van der Waals surface area contributed by atoms with E-state index < -0.39 is 39.6 Å². The Kier molecular flexibility index (Phi) is 10.2. The molecule has 0 heterocycles. The van der Waals surface area contributed by atoms with Crippen molar-refractivity contribution in [3.63, 3.8) is 0 Å². The third-order valence-corrected chi connectivity index (χ3v) is 7.08. The number of nitrogens with one attached hydrogen (secondary N) is 2. The number of carbonyl (C=O) groups is 2. The summed E-state index contributed by atoms with van der Waals surface area (Å²) in [7, 11) is -4.10. The van der Waals surface area contributed by atoms with E-state index in [0.717, 1.165) is 23.1 Å². The summed E-state index contributed by atoms with van der Waals surface area (Å²) < 4.78 is 57.4. The van der Waals surface area contributed by atoms with E-state index in [0.29, 0.717) is 24.5 Å². The summed E-state index contributed by atoms with van der Waals surface area (Å²) >= 11 is 0. The minimum Gasteiger partial charge on any atom is -0.379 e. The molecule has 4 aromatic rings. The third-order valence-electron chi connectivity index (χ3n) is 6.16. The van der Waals surface area contributed by atoms with Gasteiger partial charge in [0.05, 0.1) is 5.41 Å². The molecule has 0 saturated heterocycles. The topological polar surface area (TPSA) is 102 Å². The lowest BCUT2D eigenvalue weighted by Gasteiger charge is -2.17. The first-order valence-electron chi connectivity index (χ1n) is 13.0. The zero-order valence-electron chi connectivity index (χ0n) is 22.4. The molecule has 0 unspecified atom stereocenters. The number of halogens is 2. The van der Waals surface area contributed by atoms with Crippen LogP contribution in [0.3, 0.4) is 0 Å². The van der Waals surface area contributed by atoms with Gasteiger partial charge in [0.15, 0.2) is 0 Å². The van der Waals surface area contributed by atoms with Crippen molar-refractivity contribution in [1.82, 2.24) is 10.6 Å². The number of hydrogen-bond donors (Lipinski definition) is 2. The number of aryl methyl sites for hydroxylation is 1. The van der Waals surface area contributed by atoms with Gasteiger partial charge in [0.2, 0.25) is 0 Å². The summed E-state index contributed by atoms with van der Waals surface area (Å²) in [6.45, 7) is -0.0929. The molecule has 216 valence electrons. The number of rotatable bonds is 12. The molecular formula is C32H28F2N2O5S. The number of amides is 2. The molecule has 0 saturated carbocycles. The first kappa shape index (κ1) is 30.1. The van der Waals surface area contributed by atoms with Crippen molar-refractivity contribution >= 4 is 21.9 Å². The van der Waals surface area contributed by atoms with E-state index in [2.05, 4.69) is 10.6 Å². The van der Waals surface area contributed by atoms with Crippen molar-refractivity contribution in [3.8, 4) is 5.75 Å². The van der Waals surface area contributed by atoms with Gasteiger partial charge >= 0.3 is 10.1 Å². The van der Waals surface area contributed by atoms with Gasteiger partial charge in [-0.05, 0) is 60.4 Å².